The van der Waals surface area contributed by atoms with Gasteiger partial charge in [-0.1, -0.05) is 0 Å². The van der Waals surface area contributed by atoms with Crippen LogP contribution in [0.15, 0.2) is 22.9 Å². The maximum atomic E-state index is 5.35. The summed E-state index contributed by atoms with van der Waals surface area (Å²) >= 11 is 0. The highest BCUT2D eigenvalue weighted by atomic mass is 16.3. The lowest BCUT2D eigenvalue weighted by molar-refractivity contribution is 0.418. The molecule has 0 aromatic carbocycles. The van der Waals surface area contributed by atoms with Gasteiger partial charge in [0, 0.05) is 17.9 Å². The zero-order valence-electron chi connectivity index (χ0n) is 12.4. The first-order valence-corrected chi connectivity index (χ1v) is 7.92. The number of rotatable bonds is 4. The van der Waals surface area contributed by atoms with E-state index in [0.29, 0.717) is 0 Å². The largest absolute Gasteiger partial charge is 0.469 e. The van der Waals surface area contributed by atoms with E-state index in [1.54, 1.807) is 6.26 Å². The van der Waals surface area contributed by atoms with E-state index in [-0.39, 0.29) is 0 Å². The van der Waals surface area contributed by atoms with E-state index in [1.165, 1.54) is 30.5 Å². The Balaban J connectivity index is 1.50. The number of fused-ring (bicyclic) bond motifs is 1. The van der Waals surface area contributed by atoms with Crippen LogP contribution >= 0.6 is 0 Å². The molecular weight excluding hydrogens is 262 g/mol. The monoisotopic (exact) mass is 283 g/mol. The number of hydrogen-bond acceptors (Lipinski definition) is 4. The molecule has 0 saturated heterocycles. The average molecular weight is 283 g/mol. The van der Waals surface area contributed by atoms with Gasteiger partial charge >= 0.3 is 0 Å². The zero-order valence-corrected chi connectivity index (χ0v) is 12.4. The van der Waals surface area contributed by atoms with Crippen LogP contribution in [0.4, 0.5) is 0 Å². The minimum atomic E-state index is 0.739. The molecule has 1 saturated carbocycles. The highest BCUT2D eigenvalue weighted by Gasteiger charge is 2.25. The predicted octanol–water partition coefficient (Wildman–Crippen LogP) is 2.90. The molecule has 0 bridgehead atoms. The fraction of sp³-hybridized carbons (Fsp3) is 0.529. The van der Waals surface area contributed by atoms with Crippen LogP contribution in [0.3, 0.4) is 0 Å². The third-order valence-electron chi connectivity index (χ3n) is 4.62. The molecule has 1 fully saturated rings. The number of aryl methyl sites for hydroxylation is 2. The number of nitrogens with one attached hydrogen (secondary N) is 1. The first-order chi connectivity index (χ1) is 10.3. The van der Waals surface area contributed by atoms with E-state index in [9.17, 15) is 0 Å². The number of aromatic nitrogens is 2. The Hall–Kier alpha value is -1.68. The number of hydrogen-bond donors (Lipinski definition) is 1. The Morgan fingerprint density at radius 1 is 1.33 bits per heavy atom. The summed E-state index contributed by atoms with van der Waals surface area (Å²) in [6.45, 7) is 3.10. The van der Waals surface area contributed by atoms with Crippen LogP contribution in [0.5, 0.6) is 0 Å². The standard InChI is InChI=1S/C17H21N3O/c1-11-15(6-7-21-11)17-19-10-13-8-12(2-5-16(13)20-17)9-18-14-3-4-14/h6-7,10,12,14,18H,2-5,8-9H2,1H3. The second kappa shape index (κ2) is 5.26. The second-order valence-electron chi connectivity index (χ2n) is 6.35. The molecule has 1 atom stereocenters. The SMILES string of the molecule is Cc1occc1-c1ncc2c(n1)CCC(CNC1CC1)C2. The molecular formula is C17H21N3O. The third kappa shape index (κ3) is 2.72. The molecule has 1 unspecified atom stereocenters. The molecule has 0 spiro atoms. The van der Waals surface area contributed by atoms with Gasteiger partial charge in [0.1, 0.15) is 5.76 Å². The fourth-order valence-corrected chi connectivity index (χ4v) is 3.12. The lowest BCUT2D eigenvalue weighted by Gasteiger charge is -2.24. The van der Waals surface area contributed by atoms with Crippen LogP contribution in [0, 0.1) is 12.8 Å². The normalized spacial score (nSPS) is 21.3. The summed E-state index contributed by atoms with van der Waals surface area (Å²) < 4.78 is 5.35. The molecule has 2 aromatic rings. The minimum absolute atomic E-state index is 0.739. The molecule has 2 aromatic heterocycles. The molecule has 2 heterocycles. The first-order valence-electron chi connectivity index (χ1n) is 7.92. The van der Waals surface area contributed by atoms with Gasteiger partial charge in [0.25, 0.3) is 0 Å². The molecule has 0 radical (unpaired) electrons. The van der Waals surface area contributed by atoms with Crippen molar-refractivity contribution < 1.29 is 4.42 Å². The summed E-state index contributed by atoms with van der Waals surface area (Å²) in [7, 11) is 0. The molecule has 4 nitrogen and oxygen atoms in total. The van der Waals surface area contributed by atoms with Crippen LogP contribution in [0.25, 0.3) is 11.4 Å². The molecule has 0 aliphatic heterocycles. The van der Waals surface area contributed by atoms with Gasteiger partial charge in [0.2, 0.25) is 0 Å². The van der Waals surface area contributed by atoms with Crippen molar-refractivity contribution in [3.8, 4) is 11.4 Å². The van der Waals surface area contributed by atoms with Crippen LogP contribution in [-0.4, -0.2) is 22.6 Å². The molecule has 21 heavy (non-hydrogen) atoms. The van der Waals surface area contributed by atoms with Crippen molar-refractivity contribution in [2.45, 2.75) is 45.1 Å². The molecule has 0 amide bonds. The van der Waals surface area contributed by atoms with Crippen molar-refractivity contribution in [3.05, 3.63) is 35.5 Å². The maximum Gasteiger partial charge on any atom is 0.162 e. The topological polar surface area (TPSA) is 51.0 Å². The highest BCUT2D eigenvalue weighted by Crippen LogP contribution is 2.28. The molecule has 110 valence electrons. The smallest absolute Gasteiger partial charge is 0.162 e. The average Bonchev–Trinajstić information content (AvgIpc) is 3.24. The molecule has 1 N–H and O–H groups in total. The number of nitrogens with zero attached hydrogens (tertiary/aromatic N) is 2. The van der Waals surface area contributed by atoms with E-state index in [4.69, 9.17) is 9.40 Å². The van der Waals surface area contributed by atoms with Crippen molar-refractivity contribution in [2.75, 3.05) is 6.54 Å². The lowest BCUT2D eigenvalue weighted by Crippen LogP contribution is -2.29. The molecule has 4 rings (SSSR count). The van der Waals surface area contributed by atoms with Crippen LogP contribution in [0.1, 0.15) is 36.3 Å². The third-order valence-corrected chi connectivity index (χ3v) is 4.62. The summed E-state index contributed by atoms with van der Waals surface area (Å²) in [5, 5.41) is 3.65. The van der Waals surface area contributed by atoms with E-state index >= 15 is 0 Å². The van der Waals surface area contributed by atoms with Crippen molar-refractivity contribution in [1.82, 2.24) is 15.3 Å². The summed E-state index contributed by atoms with van der Waals surface area (Å²) in [5.41, 5.74) is 3.56. The Bertz CT molecular complexity index is 645. The Morgan fingerprint density at radius 2 is 2.24 bits per heavy atom. The summed E-state index contributed by atoms with van der Waals surface area (Å²) in [5.74, 6) is 2.43. The Kier molecular flexibility index (Phi) is 3.26. The zero-order chi connectivity index (χ0) is 14.2. The van der Waals surface area contributed by atoms with E-state index < -0.39 is 0 Å². The van der Waals surface area contributed by atoms with Gasteiger partial charge in [-0.05, 0) is 63.1 Å². The fourth-order valence-electron chi connectivity index (χ4n) is 3.12. The summed E-state index contributed by atoms with van der Waals surface area (Å²) in [4.78, 5) is 9.31. The maximum absolute atomic E-state index is 5.35. The van der Waals surface area contributed by atoms with Gasteiger partial charge in [-0.3, -0.25) is 0 Å². The Morgan fingerprint density at radius 3 is 3.00 bits per heavy atom. The van der Waals surface area contributed by atoms with Gasteiger partial charge in [0.05, 0.1) is 11.8 Å². The van der Waals surface area contributed by atoms with Gasteiger partial charge in [0.15, 0.2) is 5.82 Å². The minimum Gasteiger partial charge on any atom is -0.469 e. The van der Waals surface area contributed by atoms with E-state index in [0.717, 1.165) is 48.5 Å². The summed E-state index contributed by atoms with van der Waals surface area (Å²) in [6.07, 6.45) is 9.85. The Labute approximate surface area is 125 Å². The van der Waals surface area contributed by atoms with Gasteiger partial charge < -0.3 is 9.73 Å². The van der Waals surface area contributed by atoms with Crippen molar-refractivity contribution in [1.29, 1.82) is 0 Å². The number of furan rings is 1. The van der Waals surface area contributed by atoms with E-state index in [2.05, 4.69) is 10.3 Å². The highest BCUT2D eigenvalue weighted by molar-refractivity contribution is 5.57. The van der Waals surface area contributed by atoms with Crippen LogP contribution in [0.2, 0.25) is 0 Å². The van der Waals surface area contributed by atoms with Crippen LogP contribution < -0.4 is 5.32 Å². The molecule has 2 aliphatic carbocycles. The summed E-state index contributed by atoms with van der Waals surface area (Å²) in [6, 6.07) is 2.75. The quantitative estimate of drug-likeness (QED) is 0.937. The first kappa shape index (κ1) is 13.0. The van der Waals surface area contributed by atoms with Gasteiger partial charge in [-0.25, -0.2) is 9.97 Å². The van der Waals surface area contributed by atoms with Crippen LogP contribution in [-0.2, 0) is 12.8 Å². The van der Waals surface area contributed by atoms with Crippen molar-refractivity contribution >= 4 is 0 Å². The molecule has 2 aliphatic rings. The second-order valence-corrected chi connectivity index (χ2v) is 6.35. The lowest BCUT2D eigenvalue weighted by atomic mass is 9.87. The van der Waals surface area contributed by atoms with Gasteiger partial charge in [-0.2, -0.15) is 0 Å². The van der Waals surface area contributed by atoms with Gasteiger partial charge in [-0.15, -0.1) is 0 Å². The van der Waals surface area contributed by atoms with E-state index in [1.807, 2.05) is 19.2 Å². The van der Waals surface area contributed by atoms with Crippen molar-refractivity contribution in [2.24, 2.45) is 5.92 Å². The molecule has 4 heteroatoms. The predicted molar refractivity (Wildman–Crippen MR) is 81.0 cm³/mol. The van der Waals surface area contributed by atoms with Crippen molar-refractivity contribution in [3.63, 3.8) is 0 Å².